The van der Waals surface area contributed by atoms with Gasteiger partial charge in [-0.1, -0.05) is 6.92 Å². The number of halogens is 3. The summed E-state index contributed by atoms with van der Waals surface area (Å²) >= 11 is 0. The lowest BCUT2D eigenvalue weighted by atomic mass is 9.47. The number of nitrogens with zero attached hydrogens (tertiary/aromatic N) is 1. The molecule has 0 unspecified atom stereocenters. The van der Waals surface area contributed by atoms with Crippen LogP contribution in [0.25, 0.3) is 0 Å². The molecule has 0 radical (unpaired) electrons. The number of rotatable bonds is 5. The first-order valence-corrected chi connectivity index (χ1v) is 12.9. The summed E-state index contributed by atoms with van der Waals surface area (Å²) in [5, 5.41) is 3.44. The van der Waals surface area contributed by atoms with Crippen molar-refractivity contribution in [2.24, 2.45) is 29.1 Å². The van der Waals surface area contributed by atoms with Crippen LogP contribution in [0, 0.1) is 29.1 Å². The number of hydrogen-bond acceptors (Lipinski definition) is 2. The molecule has 1 aliphatic heterocycles. The Morgan fingerprint density at radius 1 is 1.00 bits per heavy atom. The molecule has 0 spiro atoms. The van der Waals surface area contributed by atoms with Gasteiger partial charge in [0.1, 0.15) is 0 Å². The van der Waals surface area contributed by atoms with Gasteiger partial charge in [-0.05, 0) is 105 Å². The predicted molar refractivity (Wildman–Crippen MR) is 123 cm³/mol. The van der Waals surface area contributed by atoms with Crippen LogP contribution < -0.4 is 5.32 Å². The Kier molecular flexibility index (Phi) is 6.18. The molecular formula is C27H35F3N2O2. The van der Waals surface area contributed by atoms with E-state index in [9.17, 15) is 22.8 Å². The third kappa shape index (κ3) is 4.47. The molecule has 34 heavy (non-hydrogen) atoms. The highest BCUT2D eigenvalue weighted by atomic mass is 19.4. The quantitative estimate of drug-likeness (QED) is 0.595. The molecule has 0 aromatic heterocycles. The second-order valence-electron chi connectivity index (χ2n) is 11.4. The predicted octanol–water partition coefficient (Wildman–Crippen LogP) is 5.67. The Bertz CT molecular complexity index is 884. The van der Waals surface area contributed by atoms with Crippen LogP contribution in [0.1, 0.15) is 80.6 Å². The second kappa shape index (κ2) is 8.87. The zero-order chi connectivity index (χ0) is 24.1. The molecule has 4 bridgehead atoms. The first kappa shape index (κ1) is 23.7. The topological polar surface area (TPSA) is 49.4 Å². The number of carbonyl (C=O) groups excluding carboxylic acids is 2. The van der Waals surface area contributed by atoms with Gasteiger partial charge < -0.3 is 10.2 Å². The van der Waals surface area contributed by atoms with Gasteiger partial charge in [0.05, 0.1) is 5.56 Å². The van der Waals surface area contributed by atoms with Crippen molar-refractivity contribution in [1.82, 2.24) is 10.2 Å². The first-order chi connectivity index (χ1) is 16.2. The standard InChI is InChI=1S/C27H35F3N2O2/c1-2-23(26-14-17-11-18(15-26)13-19(12-17)16-26)31-24(33)20-7-9-32(10-8-20)25(34)21-3-5-22(6-4-21)27(28,29)30/h3-6,17-20,23H,2,7-16H2,1H3,(H,31,33)/t17?,18?,19?,23-,26?/m0/s1. The SMILES string of the molecule is CC[C@H](NC(=O)C1CCN(C(=O)c2ccc(C(F)(F)F)cc2)CC1)C12CC3CC(CC(C3)C1)C2. The number of amides is 2. The van der Waals surface area contributed by atoms with E-state index in [0.717, 1.165) is 36.3 Å². The summed E-state index contributed by atoms with van der Waals surface area (Å²) in [4.78, 5) is 27.6. The Hall–Kier alpha value is -2.05. The second-order valence-corrected chi connectivity index (χ2v) is 11.4. The van der Waals surface area contributed by atoms with E-state index in [1.807, 2.05) is 0 Å². The zero-order valence-corrected chi connectivity index (χ0v) is 19.9. The van der Waals surface area contributed by atoms with Crippen LogP contribution in [-0.2, 0) is 11.0 Å². The molecule has 186 valence electrons. The van der Waals surface area contributed by atoms with E-state index in [4.69, 9.17) is 0 Å². The number of alkyl halides is 3. The molecule has 4 aliphatic carbocycles. The van der Waals surface area contributed by atoms with Crippen molar-refractivity contribution in [2.45, 2.75) is 76.9 Å². The number of carbonyl (C=O) groups is 2. The van der Waals surface area contributed by atoms with Crippen molar-refractivity contribution in [1.29, 1.82) is 0 Å². The van der Waals surface area contributed by atoms with Gasteiger partial charge in [-0.25, -0.2) is 0 Å². The lowest BCUT2D eigenvalue weighted by Gasteiger charge is -2.59. The highest BCUT2D eigenvalue weighted by molar-refractivity contribution is 5.94. The van der Waals surface area contributed by atoms with Crippen molar-refractivity contribution in [3.05, 3.63) is 35.4 Å². The minimum Gasteiger partial charge on any atom is -0.353 e. The number of benzene rings is 1. The number of piperidine rings is 1. The summed E-state index contributed by atoms with van der Waals surface area (Å²) in [5.74, 6) is 2.27. The summed E-state index contributed by atoms with van der Waals surface area (Å²) in [7, 11) is 0. The summed E-state index contributed by atoms with van der Waals surface area (Å²) in [5.41, 5.74) is -0.231. The Morgan fingerprint density at radius 2 is 1.53 bits per heavy atom. The third-order valence-electron chi connectivity index (χ3n) is 9.16. The van der Waals surface area contributed by atoms with Gasteiger partial charge in [-0.15, -0.1) is 0 Å². The van der Waals surface area contributed by atoms with E-state index in [2.05, 4.69) is 12.2 Å². The molecule has 5 aliphatic rings. The van der Waals surface area contributed by atoms with E-state index in [1.54, 1.807) is 4.90 Å². The molecule has 6 rings (SSSR count). The van der Waals surface area contributed by atoms with Crippen LogP contribution in [-0.4, -0.2) is 35.8 Å². The van der Waals surface area contributed by atoms with Gasteiger partial charge >= 0.3 is 6.18 Å². The Balaban J connectivity index is 1.16. The van der Waals surface area contributed by atoms with Gasteiger partial charge in [-0.3, -0.25) is 9.59 Å². The van der Waals surface area contributed by atoms with E-state index in [-0.39, 0.29) is 34.8 Å². The van der Waals surface area contributed by atoms with Gasteiger partial charge in [0, 0.05) is 30.6 Å². The fourth-order valence-corrected chi connectivity index (χ4v) is 7.91. The molecule has 5 fully saturated rings. The van der Waals surface area contributed by atoms with E-state index in [1.165, 1.54) is 50.7 Å². The van der Waals surface area contributed by atoms with Crippen LogP contribution in [0.15, 0.2) is 24.3 Å². The monoisotopic (exact) mass is 476 g/mol. The maximum atomic E-state index is 13.2. The molecule has 1 aromatic carbocycles. The summed E-state index contributed by atoms with van der Waals surface area (Å²) in [6.07, 6.45) is 5.67. The van der Waals surface area contributed by atoms with E-state index in [0.29, 0.717) is 25.9 Å². The van der Waals surface area contributed by atoms with E-state index < -0.39 is 11.7 Å². The molecule has 4 nitrogen and oxygen atoms in total. The maximum Gasteiger partial charge on any atom is 0.416 e. The fourth-order valence-electron chi connectivity index (χ4n) is 7.91. The maximum absolute atomic E-state index is 13.2. The molecule has 1 heterocycles. The van der Waals surface area contributed by atoms with Crippen LogP contribution >= 0.6 is 0 Å². The summed E-state index contributed by atoms with van der Waals surface area (Å²) < 4.78 is 38.4. The van der Waals surface area contributed by atoms with Crippen LogP contribution in [0.4, 0.5) is 13.2 Å². The van der Waals surface area contributed by atoms with Crippen molar-refractivity contribution in [3.8, 4) is 0 Å². The van der Waals surface area contributed by atoms with Gasteiger partial charge in [0.25, 0.3) is 5.91 Å². The molecule has 1 saturated heterocycles. The highest BCUT2D eigenvalue weighted by Gasteiger charge is 2.54. The van der Waals surface area contributed by atoms with E-state index >= 15 is 0 Å². The lowest BCUT2D eigenvalue weighted by molar-refractivity contribution is -0.137. The molecule has 4 saturated carbocycles. The van der Waals surface area contributed by atoms with Crippen LogP contribution in [0.3, 0.4) is 0 Å². The first-order valence-electron chi connectivity index (χ1n) is 12.9. The average molecular weight is 477 g/mol. The smallest absolute Gasteiger partial charge is 0.353 e. The molecule has 1 N–H and O–H groups in total. The van der Waals surface area contributed by atoms with Crippen molar-refractivity contribution in [2.75, 3.05) is 13.1 Å². The van der Waals surface area contributed by atoms with Crippen molar-refractivity contribution >= 4 is 11.8 Å². The third-order valence-corrected chi connectivity index (χ3v) is 9.16. The van der Waals surface area contributed by atoms with Crippen molar-refractivity contribution in [3.63, 3.8) is 0 Å². The molecule has 1 aromatic rings. The minimum absolute atomic E-state index is 0.111. The largest absolute Gasteiger partial charge is 0.416 e. The number of hydrogen-bond donors (Lipinski definition) is 1. The van der Waals surface area contributed by atoms with Crippen LogP contribution in [0.2, 0.25) is 0 Å². The normalized spacial score (nSPS) is 32.0. The van der Waals surface area contributed by atoms with Gasteiger partial charge in [0.15, 0.2) is 0 Å². The number of likely N-dealkylation sites (tertiary alicyclic amines) is 1. The zero-order valence-electron chi connectivity index (χ0n) is 19.9. The fraction of sp³-hybridized carbons (Fsp3) is 0.704. The molecule has 2 amide bonds. The summed E-state index contributed by atoms with van der Waals surface area (Å²) in [6, 6.07) is 4.61. The molecular weight excluding hydrogens is 441 g/mol. The Labute approximate surface area is 199 Å². The Morgan fingerprint density at radius 3 is 2.00 bits per heavy atom. The average Bonchev–Trinajstić information content (AvgIpc) is 2.80. The van der Waals surface area contributed by atoms with Gasteiger partial charge in [0.2, 0.25) is 5.91 Å². The highest BCUT2D eigenvalue weighted by Crippen LogP contribution is 2.61. The molecule has 7 heteroatoms. The minimum atomic E-state index is -4.42. The molecule has 1 atom stereocenters. The van der Waals surface area contributed by atoms with Crippen LogP contribution in [0.5, 0.6) is 0 Å². The number of nitrogens with one attached hydrogen (secondary N) is 1. The van der Waals surface area contributed by atoms with Gasteiger partial charge in [-0.2, -0.15) is 13.2 Å². The lowest BCUT2D eigenvalue weighted by Crippen LogP contribution is -2.57. The van der Waals surface area contributed by atoms with Crippen molar-refractivity contribution < 1.29 is 22.8 Å². The summed E-state index contributed by atoms with van der Waals surface area (Å²) in [6.45, 7) is 3.09.